The van der Waals surface area contributed by atoms with Crippen molar-refractivity contribution in [3.05, 3.63) is 28.2 Å². The Kier molecular flexibility index (Phi) is 3.62. The number of allylic oxidation sites excluding steroid dienone is 4. The molecule has 0 bridgehead atoms. The Labute approximate surface area is 80.7 Å². The molecule has 1 rings (SSSR count). The number of hydrogen-bond acceptors (Lipinski definition) is 0. The minimum absolute atomic E-state index is 0. The molecule has 0 aromatic heterocycles. The van der Waals surface area contributed by atoms with E-state index in [4.69, 9.17) is 0 Å². The summed E-state index contributed by atoms with van der Waals surface area (Å²) in [7, 11) is 0. The Hall–Kier alpha value is 0.0229. The van der Waals surface area contributed by atoms with Gasteiger partial charge in [-0.25, -0.2) is 0 Å². The van der Waals surface area contributed by atoms with Gasteiger partial charge in [0.2, 0.25) is 0 Å². The fourth-order valence-electron chi connectivity index (χ4n) is 1.41. The molecule has 0 N–H and O–H groups in total. The minimum atomic E-state index is 0. The second-order valence-electron chi connectivity index (χ2n) is 3.12. The number of hydrogen-bond donors (Lipinski definition) is 0. The van der Waals surface area contributed by atoms with Gasteiger partial charge in [0.25, 0.3) is 0 Å². The van der Waals surface area contributed by atoms with E-state index < -0.39 is 0 Å². The van der Waals surface area contributed by atoms with Crippen LogP contribution in [0.4, 0.5) is 0 Å². The summed E-state index contributed by atoms with van der Waals surface area (Å²) in [6, 6.07) is 0. The molecule has 1 heteroatoms. The SMILES string of the molecule is C[C]1C(C)=C(C)C(C)=C1C.[GeH4]. The van der Waals surface area contributed by atoms with E-state index in [1.165, 1.54) is 28.2 Å². The van der Waals surface area contributed by atoms with Gasteiger partial charge in [0, 0.05) is 5.92 Å². The molecule has 1 aliphatic carbocycles. The predicted molar refractivity (Wildman–Crippen MR) is 57.0 cm³/mol. The van der Waals surface area contributed by atoms with Crippen molar-refractivity contribution in [2.45, 2.75) is 34.6 Å². The van der Waals surface area contributed by atoms with E-state index in [9.17, 15) is 0 Å². The van der Waals surface area contributed by atoms with Crippen LogP contribution in [0.1, 0.15) is 34.6 Å². The topological polar surface area (TPSA) is 0 Å². The summed E-state index contributed by atoms with van der Waals surface area (Å²) in [6.07, 6.45) is 0. The Morgan fingerprint density at radius 2 is 0.818 bits per heavy atom. The molecule has 0 saturated heterocycles. The van der Waals surface area contributed by atoms with Crippen LogP contribution in [-0.4, -0.2) is 17.6 Å². The first-order valence-electron chi connectivity index (χ1n) is 3.75. The summed E-state index contributed by atoms with van der Waals surface area (Å²) in [6.45, 7) is 11.0. The van der Waals surface area contributed by atoms with E-state index in [2.05, 4.69) is 34.6 Å². The monoisotopic (exact) mass is 213 g/mol. The molecule has 0 aromatic carbocycles. The maximum atomic E-state index is 2.20. The third-order valence-corrected chi connectivity index (χ3v) is 2.81. The van der Waals surface area contributed by atoms with Crippen molar-refractivity contribution < 1.29 is 0 Å². The molecule has 11 heavy (non-hydrogen) atoms. The van der Waals surface area contributed by atoms with Gasteiger partial charge >= 0.3 is 17.6 Å². The Bertz CT molecular complexity index is 197. The predicted octanol–water partition coefficient (Wildman–Crippen LogP) is 1.82. The summed E-state index contributed by atoms with van der Waals surface area (Å²) < 4.78 is 0. The standard InChI is InChI=1S/C10H15.GeH4/c1-6-7(2)9(4)10(5)8(6)3;/h1-5H3;1H4. The maximum absolute atomic E-state index is 2.20. The Morgan fingerprint density at radius 3 is 0.909 bits per heavy atom. The van der Waals surface area contributed by atoms with Crippen LogP contribution in [0.5, 0.6) is 0 Å². The van der Waals surface area contributed by atoms with Crippen LogP contribution in [0.3, 0.4) is 0 Å². The summed E-state index contributed by atoms with van der Waals surface area (Å²) in [5, 5.41) is 0. The van der Waals surface area contributed by atoms with Gasteiger partial charge < -0.3 is 0 Å². The average molecular weight is 212 g/mol. The first-order valence-corrected chi connectivity index (χ1v) is 3.75. The molecule has 1 radical (unpaired) electrons. The molecule has 0 aliphatic heterocycles. The molecule has 0 nitrogen and oxygen atoms in total. The van der Waals surface area contributed by atoms with Crippen LogP contribution in [0, 0.1) is 5.92 Å². The average Bonchev–Trinajstić information content (AvgIpc) is 2.07. The first-order chi connectivity index (χ1) is 4.55. The van der Waals surface area contributed by atoms with E-state index in [1.807, 2.05) is 0 Å². The number of rotatable bonds is 0. The van der Waals surface area contributed by atoms with Gasteiger partial charge in [-0.1, -0.05) is 18.1 Å². The fraction of sp³-hybridized carbons (Fsp3) is 0.500. The first kappa shape index (κ1) is 11.0. The summed E-state index contributed by atoms with van der Waals surface area (Å²) in [5.41, 5.74) is 5.87. The second kappa shape index (κ2) is 3.62. The molecule has 0 fully saturated rings. The van der Waals surface area contributed by atoms with Crippen molar-refractivity contribution in [1.82, 2.24) is 0 Å². The van der Waals surface area contributed by atoms with Gasteiger partial charge in [-0.2, -0.15) is 0 Å². The molecule has 0 heterocycles. The summed E-state index contributed by atoms with van der Waals surface area (Å²) >= 11 is 0. The Balaban J connectivity index is 0.000001000. The quantitative estimate of drug-likeness (QED) is 0.537. The third kappa shape index (κ3) is 1.61. The molecule has 63 valence electrons. The molecule has 0 saturated carbocycles. The van der Waals surface area contributed by atoms with Crippen molar-refractivity contribution in [3.63, 3.8) is 0 Å². The fourth-order valence-corrected chi connectivity index (χ4v) is 1.41. The molecule has 0 amide bonds. The van der Waals surface area contributed by atoms with Crippen LogP contribution in [-0.2, 0) is 0 Å². The van der Waals surface area contributed by atoms with Crippen molar-refractivity contribution in [3.8, 4) is 0 Å². The summed E-state index contributed by atoms with van der Waals surface area (Å²) in [4.78, 5) is 0. The molecule has 1 aliphatic rings. The van der Waals surface area contributed by atoms with Gasteiger partial charge in [0.05, 0.1) is 0 Å². The van der Waals surface area contributed by atoms with Crippen molar-refractivity contribution in [2.24, 2.45) is 0 Å². The van der Waals surface area contributed by atoms with Crippen LogP contribution < -0.4 is 0 Å². The van der Waals surface area contributed by atoms with Gasteiger partial charge in [0.15, 0.2) is 0 Å². The van der Waals surface area contributed by atoms with E-state index in [0.29, 0.717) is 0 Å². The van der Waals surface area contributed by atoms with E-state index in [1.54, 1.807) is 0 Å². The van der Waals surface area contributed by atoms with E-state index in [-0.39, 0.29) is 17.6 Å². The van der Waals surface area contributed by atoms with Gasteiger partial charge in [0.1, 0.15) is 0 Å². The molecule has 0 spiro atoms. The summed E-state index contributed by atoms with van der Waals surface area (Å²) in [5.74, 6) is 1.47. The van der Waals surface area contributed by atoms with Crippen molar-refractivity contribution in [1.29, 1.82) is 0 Å². The van der Waals surface area contributed by atoms with Crippen LogP contribution in [0.25, 0.3) is 0 Å². The molecule has 0 unspecified atom stereocenters. The van der Waals surface area contributed by atoms with Crippen LogP contribution in [0.15, 0.2) is 22.3 Å². The third-order valence-electron chi connectivity index (χ3n) is 2.81. The zero-order valence-electron chi connectivity index (χ0n) is 7.50. The van der Waals surface area contributed by atoms with Crippen molar-refractivity contribution >= 4 is 17.6 Å². The second-order valence-corrected chi connectivity index (χ2v) is 3.12. The zero-order chi connectivity index (χ0) is 7.89. The van der Waals surface area contributed by atoms with Crippen molar-refractivity contribution in [2.75, 3.05) is 0 Å². The normalized spacial score (nSPS) is 19.4. The van der Waals surface area contributed by atoms with Gasteiger partial charge in [-0.05, 0) is 38.8 Å². The van der Waals surface area contributed by atoms with E-state index in [0.717, 1.165) is 0 Å². The van der Waals surface area contributed by atoms with E-state index >= 15 is 0 Å². The van der Waals surface area contributed by atoms with Crippen LogP contribution >= 0.6 is 0 Å². The van der Waals surface area contributed by atoms with Crippen LogP contribution in [0.2, 0.25) is 0 Å². The zero-order valence-corrected chi connectivity index (χ0v) is 7.50. The molecule has 0 aromatic rings. The van der Waals surface area contributed by atoms with Gasteiger partial charge in [-0.3, -0.25) is 0 Å². The molecular weight excluding hydrogens is 193 g/mol. The molecular formula is C10H19Ge. The Morgan fingerprint density at radius 1 is 0.545 bits per heavy atom. The van der Waals surface area contributed by atoms with Gasteiger partial charge in [-0.15, -0.1) is 0 Å². The molecule has 0 atom stereocenters.